The van der Waals surface area contributed by atoms with Crippen LogP contribution in [0.5, 0.6) is 0 Å². The van der Waals surface area contributed by atoms with Crippen LogP contribution in [0.2, 0.25) is 0 Å². The number of aromatic amines is 1. The molecule has 1 saturated heterocycles. The van der Waals surface area contributed by atoms with Gasteiger partial charge in [-0.2, -0.15) is 10.2 Å². The molecule has 0 aliphatic carbocycles. The molecular formula is C15H22N6O2. The van der Waals surface area contributed by atoms with Crippen molar-refractivity contribution in [2.45, 2.75) is 19.4 Å². The van der Waals surface area contributed by atoms with Gasteiger partial charge in [-0.3, -0.25) is 19.5 Å². The molecule has 0 bridgehead atoms. The predicted octanol–water partition coefficient (Wildman–Crippen LogP) is -0.0745. The lowest BCUT2D eigenvalue weighted by Gasteiger charge is -2.14. The first-order valence-corrected chi connectivity index (χ1v) is 7.70. The number of likely N-dealkylation sites (tertiary alicyclic amines) is 1. The second-order valence-corrected chi connectivity index (χ2v) is 6.19. The molecule has 124 valence electrons. The molecular weight excluding hydrogens is 296 g/mol. The van der Waals surface area contributed by atoms with E-state index in [0.29, 0.717) is 25.3 Å². The first-order chi connectivity index (χ1) is 11.0. The van der Waals surface area contributed by atoms with E-state index < -0.39 is 6.10 Å². The summed E-state index contributed by atoms with van der Waals surface area (Å²) in [5, 5.41) is 24.2. The van der Waals surface area contributed by atoms with E-state index in [1.807, 2.05) is 17.9 Å². The number of anilines is 1. The number of β-amino-alcohol motifs (C(OH)–C–C–N with tert-alkyl or cyclic N) is 1. The standard InChI is InChI=1S/C15H22N6O2/c1-10-5-12(18-17-10)6-11-7-21(8-13(11)22)9-15(23)16-14-3-4-20(2)19-14/h3-5,11,13,22H,6-9H2,1-2H3,(H,17,18)(H,16,19,23)/t11-,13-/m1/s1. The van der Waals surface area contributed by atoms with Gasteiger partial charge in [-0.1, -0.05) is 0 Å². The molecule has 2 aromatic heterocycles. The van der Waals surface area contributed by atoms with Gasteiger partial charge in [0.25, 0.3) is 0 Å². The largest absolute Gasteiger partial charge is 0.391 e. The Morgan fingerprint density at radius 3 is 3.00 bits per heavy atom. The second-order valence-electron chi connectivity index (χ2n) is 6.19. The van der Waals surface area contributed by atoms with Gasteiger partial charge in [0.2, 0.25) is 5.91 Å². The van der Waals surface area contributed by atoms with Crippen molar-refractivity contribution in [3.8, 4) is 0 Å². The number of aliphatic hydroxyl groups excluding tert-OH is 1. The number of H-pyrrole nitrogens is 1. The summed E-state index contributed by atoms with van der Waals surface area (Å²) >= 11 is 0. The Balaban J connectivity index is 1.50. The van der Waals surface area contributed by atoms with Crippen LogP contribution in [0, 0.1) is 12.8 Å². The van der Waals surface area contributed by atoms with Crippen LogP contribution in [0.3, 0.4) is 0 Å². The normalized spacial score (nSPS) is 21.7. The van der Waals surface area contributed by atoms with E-state index in [9.17, 15) is 9.90 Å². The van der Waals surface area contributed by atoms with Gasteiger partial charge in [-0.15, -0.1) is 0 Å². The van der Waals surface area contributed by atoms with Crippen LogP contribution in [0.4, 0.5) is 5.82 Å². The molecule has 3 N–H and O–H groups in total. The maximum Gasteiger partial charge on any atom is 0.239 e. The summed E-state index contributed by atoms with van der Waals surface area (Å²) in [5.74, 6) is 0.522. The molecule has 2 atom stereocenters. The zero-order valence-corrected chi connectivity index (χ0v) is 13.4. The number of carbonyl (C=O) groups excluding carboxylic acids is 1. The molecule has 0 unspecified atom stereocenters. The third kappa shape index (κ3) is 3.96. The Morgan fingerprint density at radius 1 is 1.52 bits per heavy atom. The van der Waals surface area contributed by atoms with E-state index >= 15 is 0 Å². The molecule has 1 aliphatic rings. The SMILES string of the molecule is Cc1cc(C[C@@H]2CN(CC(=O)Nc3ccn(C)n3)C[C@H]2O)n[nH]1. The summed E-state index contributed by atoms with van der Waals surface area (Å²) in [4.78, 5) is 14.0. The van der Waals surface area contributed by atoms with Crippen molar-refractivity contribution >= 4 is 11.7 Å². The topological polar surface area (TPSA) is 99.1 Å². The van der Waals surface area contributed by atoms with Gasteiger partial charge >= 0.3 is 0 Å². The lowest BCUT2D eigenvalue weighted by atomic mass is 10.0. The average molecular weight is 318 g/mol. The zero-order chi connectivity index (χ0) is 16.4. The summed E-state index contributed by atoms with van der Waals surface area (Å²) in [6, 6.07) is 3.74. The van der Waals surface area contributed by atoms with Crippen LogP contribution in [-0.4, -0.2) is 61.6 Å². The third-order valence-corrected chi connectivity index (χ3v) is 4.06. The molecule has 8 heteroatoms. The summed E-state index contributed by atoms with van der Waals surface area (Å²) in [5.41, 5.74) is 1.96. The minimum absolute atomic E-state index is 0.0975. The Labute approximate surface area is 134 Å². The van der Waals surface area contributed by atoms with Crippen LogP contribution >= 0.6 is 0 Å². The van der Waals surface area contributed by atoms with E-state index in [1.165, 1.54) is 0 Å². The van der Waals surface area contributed by atoms with Crippen molar-refractivity contribution in [3.05, 3.63) is 29.7 Å². The smallest absolute Gasteiger partial charge is 0.239 e. The van der Waals surface area contributed by atoms with Gasteiger partial charge in [-0.25, -0.2) is 0 Å². The number of nitrogens with one attached hydrogen (secondary N) is 2. The quantitative estimate of drug-likeness (QED) is 0.716. The van der Waals surface area contributed by atoms with E-state index in [1.54, 1.807) is 24.0 Å². The van der Waals surface area contributed by atoms with Gasteiger partial charge in [0.05, 0.1) is 18.3 Å². The number of hydrogen-bond donors (Lipinski definition) is 3. The Bertz CT molecular complexity index is 679. The Hall–Kier alpha value is -2.19. The Kier molecular flexibility index (Phi) is 4.44. The number of aryl methyl sites for hydroxylation is 2. The van der Waals surface area contributed by atoms with Crippen molar-refractivity contribution in [1.29, 1.82) is 0 Å². The van der Waals surface area contributed by atoms with E-state index in [0.717, 1.165) is 11.4 Å². The minimum atomic E-state index is -0.436. The molecule has 1 amide bonds. The van der Waals surface area contributed by atoms with Crippen molar-refractivity contribution in [2.24, 2.45) is 13.0 Å². The van der Waals surface area contributed by atoms with E-state index in [2.05, 4.69) is 20.6 Å². The lowest BCUT2D eigenvalue weighted by Crippen LogP contribution is -2.32. The fourth-order valence-electron chi connectivity index (χ4n) is 2.99. The summed E-state index contributed by atoms with van der Waals surface area (Å²) in [6.07, 6.45) is 2.05. The summed E-state index contributed by atoms with van der Waals surface area (Å²) < 4.78 is 1.64. The molecule has 0 spiro atoms. The predicted molar refractivity (Wildman–Crippen MR) is 84.8 cm³/mol. The molecule has 1 fully saturated rings. The average Bonchev–Trinajstić information content (AvgIpc) is 3.14. The maximum atomic E-state index is 12.1. The number of hydrogen-bond acceptors (Lipinski definition) is 5. The van der Waals surface area contributed by atoms with Crippen molar-refractivity contribution in [2.75, 3.05) is 25.0 Å². The maximum absolute atomic E-state index is 12.1. The third-order valence-electron chi connectivity index (χ3n) is 4.06. The van der Waals surface area contributed by atoms with Crippen LogP contribution in [0.25, 0.3) is 0 Å². The zero-order valence-electron chi connectivity index (χ0n) is 13.4. The van der Waals surface area contributed by atoms with Crippen LogP contribution in [0.15, 0.2) is 18.3 Å². The fourth-order valence-corrected chi connectivity index (χ4v) is 2.99. The van der Waals surface area contributed by atoms with Crippen molar-refractivity contribution in [3.63, 3.8) is 0 Å². The van der Waals surface area contributed by atoms with Crippen LogP contribution < -0.4 is 5.32 Å². The molecule has 0 radical (unpaired) electrons. The number of carbonyl (C=O) groups is 1. The molecule has 2 aromatic rings. The molecule has 0 saturated carbocycles. The molecule has 8 nitrogen and oxygen atoms in total. The van der Waals surface area contributed by atoms with Crippen molar-refractivity contribution in [1.82, 2.24) is 24.9 Å². The Morgan fingerprint density at radius 2 is 2.35 bits per heavy atom. The fraction of sp³-hybridized carbons (Fsp3) is 0.533. The second kappa shape index (κ2) is 6.51. The number of aliphatic hydroxyl groups is 1. The van der Waals surface area contributed by atoms with E-state index in [4.69, 9.17) is 0 Å². The highest BCUT2D eigenvalue weighted by Crippen LogP contribution is 2.21. The van der Waals surface area contributed by atoms with Gasteiger partial charge in [0.1, 0.15) is 0 Å². The van der Waals surface area contributed by atoms with Gasteiger partial charge < -0.3 is 10.4 Å². The van der Waals surface area contributed by atoms with Gasteiger partial charge in [-0.05, 0) is 19.4 Å². The van der Waals surface area contributed by atoms with Crippen LogP contribution in [0.1, 0.15) is 11.4 Å². The monoisotopic (exact) mass is 318 g/mol. The van der Waals surface area contributed by atoms with Gasteiger partial charge in [0.15, 0.2) is 5.82 Å². The van der Waals surface area contributed by atoms with Gasteiger partial charge in [0, 0.05) is 44.0 Å². The highest BCUT2D eigenvalue weighted by atomic mass is 16.3. The number of rotatable bonds is 5. The molecule has 1 aliphatic heterocycles. The number of amides is 1. The molecule has 23 heavy (non-hydrogen) atoms. The van der Waals surface area contributed by atoms with E-state index in [-0.39, 0.29) is 18.4 Å². The summed E-state index contributed by atoms with van der Waals surface area (Å²) in [6.45, 7) is 3.39. The first-order valence-electron chi connectivity index (χ1n) is 7.70. The molecule has 3 rings (SSSR count). The number of aromatic nitrogens is 4. The first kappa shape index (κ1) is 15.7. The summed E-state index contributed by atoms with van der Waals surface area (Å²) in [7, 11) is 1.80. The molecule has 3 heterocycles. The lowest BCUT2D eigenvalue weighted by molar-refractivity contribution is -0.117. The number of nitrogens with zero attached hydrogens (tertiary/aromatic N) is 4. The minimum Gasteiger partial charge on any atom is -0.391 e. The van der Waals surface area contributed by atoms with Crippen molar-refractivity contribution < 1.29 is 9.90 Å². The molecule has 0 aromatic carbocycles. The highest BCUT2D eigenvalue weighted by molar-refractivity contribution is 5.91. The highest BCUT2D eigenvalue weighted by Gasteiger charge is 2.32. The van der Waals surface area contributed by atoms with Crippen LogP contribution in [-0.2, 0) is 18.3 Å².